The minimum Gasteiger partial charge on any atom is -0.343 e. The first-order chi connectivity index (χ1) is 13.3. The fourth-order valence-electron chi connectivity index (χ4n) is 3.36. The van der Waals surface area contributed by atoms with Gasteiger partial charge in [-0.25, -0.2) is 12.8 Å². The molecule has 8 nitrogen and oxygen atoms in total. The Morgan fingerprint density at radius 3 is 2.82 bits per heavy atom. The van der Waals surface area contributed by atoms with Crippen LogP contribution in [0, 0.1) is 5.82 Å². The Bertz CT molecular complexity index is 944. The normalized spacial score (nSPS) is 18.2. The van der Waals surface area contributed by atoms with Crippen LogP contribution in [-0.2, 0) is 16.6 Å². The highest BCUT2D eigenvalue weighted by Crippen LogP contribution is 2.27. The number of halogens is 1. The number of rotatable bonds is 6. The molecule has 2 aromatic rings. The first-order valence-electron chi connectivity index (χ1n) is 9.18. The highest BCUT2D eigenvalue weighted by molar-refractivity contribution is 7.89. The lowest BCUT2D eigenvalue weighted by atomic mass is 10.0. The van der Waals surface area contributed by atoms with Gasteiger partial charge in [-0.1, -0.05) is 17.7 Å². The van der Waals surface area contributed by atoms with Gasteiger partial charge in [0, 0.05) is 33.2 Å². The van der Waals surface area contributed by atoms with Crippen LogP contribution in [-0.4, -0.2) is 65.2 Å². The predicted octanol–water partition coefficient (Wildman–Crippen LogP) is 1.75. The molecule has 0 N–H and O–H groups in total. The first-order valence-corrected chi connectivity index (χ1v) is 10.6. The van der Waals surface area contributed by atoms with Crippen molar-refractivity contribution >= 4 is 15.9 Å². The van der Waals surface area contributed by atoms with Crippen LogP contribution < -0.4 is 0 Å². The topological polar surface area (TPSA) is 88.4 Å². The Morgan fingerprint density at radius 1 is 1.32 bits per heavy atom. The zero-order chi connectivity index (χ0) is 20.3. The predicted molar refractivity (Wildman–Crippen MR) is 101 cm³/mol. The Hall–Kier alpha value is -2.33. The van der Waals surface area contributed by atoms with Crippen LogP contribution in [0.4, 0.5) is 4.39 Å². The molecule has 1 atom stereocenters. The molecule has 1 aliphatic rings. The van der Waals surface area contributed by atoms with E-state index in [1.807, 2.05) is 0 Å². The van der Waals surface area contributed by atoms with Crippen LogP contribution in [0.2, 0.25) is 0 Å². The van der Waals surface area contributed by atoms with E-state index in [4.69, 9.17) is 0 Å². The minimum atomic E-state index is -3.77. The van der Waals surface area contributed by atoms with Gasteiger partial charge in [0.2, 0.25) is 10.0 Å². The van der Waals surface area contributed by atoms with Crippen molar-refractivity contribution in [3.63, 3.8) is 0 Å². The Balaban J connectivity index is 1.73. The van der Waals surface area contributed by atoms with Crippen molar-refractivity contribution in [1.82, 2.24) is 24.2 Å². The monoisotopic (exact) mass is 409 g/mol. The summed E-state index contributed by atoms with van der Waals surface area (Å²) in [4.78, 5) is 13.3. The number of carbonyl (C=O) groups is 1. The minimum absolute atomic E-state index is 0.0287. The van der Waals surface area contributed by atoms with E-state index in [0.717, 1.165) is 25.3 Å². The van der Waals surface area contributed by atoms with Crippen molar-refractivity contribution in [1.29, 1.82) is 0 Å². The van der Waals surface area contributed by atoms with E-state index < -0.39 is 15.8 Å². The summed E-state index contributed by atoms with van der Waals surface area (Å²) in [5.74, 6) is -0.811. The maximum atomic E-state index is 13.5. The number of carbonyl (C=O) groups excluding carboxylic acids is 1. The van der Waals surface area contributed by atoms with Crippen molar-refractivity contribution in [2.75, 3.05) is 20.6 Å². The van der Waals surface area contributed by atoms with Crippen molar-refractivity contribution < 1.29 is 17.6 Å². The fraction of sp³-hybridized carbons (Fsp3) is 0.500. The second-order valence-corrected chi connectivity index (χ2v) is 8.97. The van der Waals surface area contributed by atoms with Gasteiger partial charge < -0.3 is 4.90 Å². The van der Waals surface area contributed by atoms with E-state index in [9.17, 15) is 17.6 Å². The van der Waals surface area contributed by atoms with Crippen LogP contribution >= 0.6 is 0 Å². The fourth-order valence-corrected chi connectivity index (χ4v) is 5.11. The van der Waals surface area contributed by atoms with E-state index >= 15 is 0 Å². The van der Waals surface area contributed by atoms with Gasteiger partial charge in [-0.3, -0.25) is 9.48 Å². The van der Waals surface area contributed by atoms with Crippen LogP contribution in [0.5, 0.6) is 0 Å². The molecule has 1 aromatic carbocycles. The summed E-state index contributed by atoms with van der Waals surface area (Å²) in [6, 6.07) is 4.89. The first kappa shape index (κ1) is 20.4. The third-order valence-corrected chi connectivity index (χ3v) is 6.78. The molecule has 1 amide bonds. The Labute approximate surface area is 164 Å². The number of aromatic nitrogens is 3. The standard InChI is InChI=1S/C18H24FN5O3S/c1-22(2)18(25)17-13-23(21-20-17)11-9-15-7-3-4-10-24(15)28(26,27)16-8-5-6-14(19)12-16/h5-6,8,12-13,15H,3-4,7,9-11H2,1-2H3. The molecule has 1 fully saturated rings. The van der Waals surface area contributed by atoms with Crippen molar-refractivity contribution in [2.24, 2.45) is 0 Å². The van der Waals surface area contributed by atoms with Gasteiger partial charge >= 0.3 is 0 Å². The van der Waals surface area contributed by atoms with Gasteiger partial charge in [0.15, 0.2) is 5.69 Å². The number of amides is 1. The maximum Gasteiger partial charge on any atom is 0.275 e. The van der Waals surface area contributed by atoms with E-state index in [1.54, 1.807) is 25.0 Å². The van der Waals surface area contributed by atoms with E-state index in [0.29, 0.717) is 19.5 Å². The number of hydrogen-bond acceptors (Lipinski definition) is 5. The van der Waals surface area contributed by atoms with Crippen LogP contribution in [0.25, 0.3) is 0 Å². The number of hydrogen-bond donors (Lipinski definition) is 0. The number of piperidine rings is 1. The zero-order valence-electron chi connectivity index (χ0n) is 16.0. The summed E-state index contributed by atoms with van der Waals surface area (Å²) < 4.78 is 42.6. The highest BCUT2D eigenvalue weighted by Gasteiger charge is 2.33. The molecule has 1 saturated heterocycles. The lowest BCUT2D eigenvalue weighted by Gasteiger charge is -2.34. The second-order valence-electron chi connectivity index (χ2n) is 7.08. The third kappa shape index (κ3) is 4.39. The van der Waals surface area contributed by atoms with Crippen molar-refractivity contribution in [3.8, 4) is 0 Å². The molecule has 0 spiro atoms. The van der Waals surface area contributed by atoms with Crippen LogP contribution in [0.3, 0.4) is 0 Å². The van der Waals surface area contributed by atoms with Gasteiger partial charge in [-0.2, -0.15) is 4.31 Å². The average Bonchev–Trinajstić information content (AvgIpc) is 3.14. The molecule has 152 valence electrons. The average molecular weight is 409 g/mol. The SMILES string of the molecule is CN(C)C(=O)c1cn(CCC2CCCCN2S(=O)(=O)c2cccc(F)c2)nn1. The molecular weight excluding hydrogens is 385 g/mol. The summed E-state index contributed by atoms with van der Waals surface area (Å²) in [5.41, 5.74) is 0.248. The van der Waals surface area contributed by atoms with Gasteiger partial charge in [-0.15, -0.1) is 5.10 Å². The van der Waals surface area contributed by atoms with Crippen LogP contribution in [0.1, 0.15) is 36.2 Å². The zero-order valence-corrected chi connectivity index (χ0v) is 16.8. The quantitative estimate of drug-likeness (QED) is 0.725. The lowest BCUT2D eigenvalue weighted by molar-refractivity contribution is 0.0822. The number of sulfonamides is 1. The number of aryl methyl sites for hydroxylation is 1. The molecule has 0 aliphatic carbocycles. The number of nitrogens with zero attached hydrogens (tertiary/aromatic N) is 5. The van der Waals surface area contributed by atoms with Crippen LogP contribution in [0.15, 0.2) is 35.4 Å². The van der Waals surface area contributed by atoms with Gasteiger partial charge in [0.1, 0.15) is 5.82 Å². The largest absolute Gasteiger partial charge is 0.343 e. The molecule has 0 radical (unpaired) electrons. The molecule has 1 aromatic heterocycles. The van der Waals surface area contributed by atoms with E-state index in [2.05, 4.69) is 10.3 Å². The summed E-state index contributed by atoms with van der Waals surface area (Å²) >= 11 is 0. The van der Waals surface area contributed by atoms with Gasteiger partial charge in [0.05, 0.1) is 11.1 Å². The smallest absolute Gasteiger partial charge is 0.275 e. The van der Waals surface area contributed by atoms with E-state index in [-0.39, 0.29) is 22.5 Å². The molecule has 10 heteroatoms. The lowest BCUT2D eigenvalue weighted by Crippen LogP contribution is -2.44. The molecule has 1 unspecified atom stereocenters. The molecule has 3 rings (SSSR count). The Morgan fingerprint density at radius 2 is 2.11 bits per heavy atom. The highest BCUT2D eigenvalue weighted by atomic mass is 32.2. The van der Waals surface area contributed by atoms with Crippen molar-refractivity contribution in [2.45, 2.75) is 43.2 Å². The van der Waals surface area contributed by atoms with E-state index in [1.165, 1.54) is 27.4 Å². The van der Waals surface area contributed by atoms with Gasteiger partial charge in [0.25, 0.3) is 5.91 Å². The molecule has 0 bridgehead atoms. The third-order valence-electron chi connectivity index (χ3n) is 4.83. The molecule has 0 saturated carbocycles. The molecule has 28 heavy (non-hydrogen) atoms. The summed E-state index contributed by atoms with van der Waals surface area (Å²) in [6.07, 6.45) is 4.54. The summed E-state index contributed by atoms with van der Waals surface area (Å²) in [6.45, 7) is 0.846. The van der Waals surface area contributed by atoms with Gasteiger partial charge in [-0.05, 0) is 37.5 Å². The number of benzene rings is 1. The summed E-state index contributed by atoms with van der Waals surface area (Å²) in [7, 11) is -0.495. The maximum absolute atomic E-state index is 13.5. The molecule has 1 aliphatic heterocycles. The molecular formula is C18H24FN5O3S. The second kappa shape index (κ2) is 8.36. The molecule has 2 heterocycles. The van der Waals surface area contributed by atoms with Crippen molar-refractivity contribution in [3.05, 3.63) is 42.0 Å². The summed E-state index contributed by atoms with van der Waals surface area (Å²) in [5, 5.41) is 7.84. The Kier molecular flexibility index (Phi) is 6.09.